The highest BCUT2D eigenvalue weighted by Gasteiger charge is 2.26. The van der Waals surface area contributed by atoms with Gasteiger partial charge in [-0.1, -0.05) is 72.4 Å². The molecule has 1 fully saturated rings. The Hall–Kier alpha value is -2.56. The third-order valence-corrected chi connectivity index (χ3v) is 6.46. The van der Waals surface area contributed by atoms with Crippen LogP contribution >= 0.6 is 11.8 Å². The fraction of sp³-hybridized carbons (Fsp3) is 0.208. The monoisotopic (exact) mass is 385 g/mol. The van der Waals surface area contributed by atoms with E-state index < -0.39 is 0 Å². The number of aliphatic imine (C=N–C) groups is 1. The molecule has 2 aliphatic rings. The highest BCUT2D eigenvalue weighted by Crippen LogP contribution is 2.40. The lowest BCUT2D eigenvalue weighted by atomic mass is 10.0. The van der Waals surface area contributed by atoms with Crippen LogP contribution in [0.25, 0.3) is 0 Å². The van der Waals surface area contributed by atoms with Crippen molar-refractivity contribution in [2.24, 2.45) is 4.99 Å². The number of benzene rings is 3. The molecule has 0 bridgehead atoms. The van der Waals surface area contributed by atoms with Gasteiger partial charge in [0.2, 0.25) is 0 Å². The molecule has 0 radical (unpaired) electrons. The minimum absolute atomic E-state index is 0.428. The van der Waals surface area contributed by atoms with Crippen molar-refractivity contribution in [3.05, 3.63) is 90.0 Å². The molecule has 4 heteroatoms. The van der Waals surface area contributed by atoms with E-state index >= 15 is 0 Å². The molecule has 0 unspecified atom stereocenters. The maximum Gasteiger partial charge on any atom is 0.137 e. The number of fused-ring (bicyclic) bond motifs is 2. The van der Waals surface area contributed by atoms with E-state index in [9.17, 15) is 0 Å². The van der Waals surface area contributed by atoms with Gasteiger partial charge in [-0.05, 0) is 30.2 Å². The lowest BCUT2D eigenvalue weighted by Gasteiger charge is -2.36. The average Bonchev–Trinajstić information content (AvgIpc) is 2.91. The highest BCUT2D eigenvalue weighted by atomic mass is 32.2. The van der Waals surface area contributed by atoms with Crippen LogP contribution in [-0.2, 0) is 6.42 Å². The zero-order valence-electron chi connectivity index (χ0n) is 15.7. The summed E-state index contributed by atoms with van der Waals surface area (Å²) in [6.07, 6.45) is 1.04. The lowest BCUT2D eigenvalue weighted by Crippen LogP contribution is -2.53. The topological polar surface area (TPSA) is 27.6 Å². The number of piperazine rings is 1. The van der Waals surface area contributed by atoms with Gasteiger partial charge in [-0.3, -0.25) is 0 Å². The van der Waals surface area contributed by atoms with Crippen LogP contribution in [0.1, 0.15) is 11.1 Å². The molecule has 2 heterocycles. The van der Waals surface area contributed by atoms with Crippen molar-refractivity contribution in [3.8, 4) is 0 Å². The van der Waals surface area contributed by atoms with Crippen molar-refractivity contribution in [3.63, 3.8) is 0 Å². The van der Waals surface area contributed by atoms with E-state index in [2.05, 4.69) is 89.1 Å². The SMILES string of the molecule is c1ccc(C[C@@H]2CN(C3=Nc4ccccc4Sc4ccccc43)CCN2)cc1. The molecule has 3 aromatic carbocycles. The zero-order chi connectivity index (χ0) is 18.8. The predicted octanol–water partition coefficient (Wildman–Crippen LogP) is 4.75. The highest BCUT2D eigenvalue weighted by molar-refractivity contribution is 7.99. The molecule has 0 aliphatic carbocycles. The largest absolute Gasteiger partial charge is 0.353 e. The predicted molar refractivity (Wildman–Crippen MR) is 117 cm³/mol. The number of nitrogens with zero attached hydrogens (tertiary/aromatic N) is 2. The van der Waals surface area contributed by atoms with Gasteiger partial charge in [0, 0.05) is 41.0 Å². The fourth-order valence-corrected chi connectivity index (χ4v) is 4.98. The summed E-state index contributed by atoms with van der Waals surface area (Å²) in [5.41, 5.74) is 3.69. The fourth-order valence-electron chi connectivity index (χ4n) is 3.96. The molecule has 5 rings (SSSR count). The molecule has 0 saturated carbocycles. The van der Waals surface area contributed by atoms with Gasteiger partial charge in [0.25, 0.3) is 0 Å². The summed E-state index contributed by atoms with van der Waals surface area (Å²) in [6, 6.07) is 28.3. The van der Waals surface area contributed by atoms with Crippen LogP contribution in [0.2, 0.25) is 0 Å². The Balaban J connectivity index is 1.47. The average molecular weight is 386 g/mol. The molecule has 1 atom stereocenters. The first-order valence-electron chi connectivity index (χ1n) is 9.84. The molecule has 28 heavy (non-hydrogen) atoms. The first-order chi connectivity index (χ1) is 13.9. The number of hydrogen-bond donors (Lipinski definition) is 1. The summed E-state index contributed by atoms with van der Waals surface area (Å²) in [7, 11) is 0. The van der Waals surface area contributed by atoms with Gasteiger partial charge in [0.15, 0.2) is 0 Å². The van der Waals surface area contributed by atoms with E-state index in [0.29, 0.717) is 6.04 Å². The first kappa shape index (κ1) is 17.5. The summed E-state index contributed by atoms with van der Waals surface area (Å²) in [5, 5.41) is 3.69. The molecule has 0 amide bonds. The Morgan fingerprint density at radius 1 is 0.893 bits per heavy atom. The van der Waals surface area contributed by atoms with E-state index in [1.165, 1.54) is 20.9 Å². The van der Waals surface area contributed by atoms with Crippen LogP contribution in [0.5, 0.6) is 0 Å². The molecule has 140 valence electrons. The summed E-state index contributed by atoms with van der Waals surface area (Å²) in [6.45, 7) is 2.92. The Labute approximate surface area is 170 Å². The van der Waals surface area contributed by atoms with Gasteiger partial charge in [-0.15, -0.1) is 0 Å². The molecule has 0 aromatic heterocycles. The summed E-state index contributed by atoms with van der Waals surface area (Å²) in [5.74, 6) is 1.10. The molecule has 1 saturated heterocycles. The Morgan fingerprint density at radius 3 is 2.54 bits per heavy atom. The van der Waals surface area contributed by atoms with Gasteiger partial charge < -0.3 is 10.2 Å². The number of hydrogen-bond acceptors (Lipinski definition) is 4. The number of para-hydroxylation sites is 1. The third kappa shape index (κ3) is 3.58. The van der Waals surface area contributed by atoms with Crippen molar-refractivity contribution >= 4 is 23.3 Å². The molecular weight excluding hydrogens is 362 g/mol. The summed E-state index contributed by atoms with van der Waals surface area (Å²) in [4.78, 5) is 10.1. The molecule has 3 nitrogen and oxygen atoms in total. The number of amidine groups is 1. The van der Waals surface area contributed by atoms with Crippen molar-refractivity contribution in [2.75, 3.05) is 19.6 Å². The van der Waals surface area contributed by atoms with Gasteiger partial charge in [0.1, 0.15) is 5.84 Å². The van der Waals surface area contributed by atoms with E-state index in [4.69, 9.17) is 4.99 Å². The zero-order valence-corrected chi connectivity index (χ0v) is 16.5. The van der Waals surface area contributed by atoms with Crippen LogP contribution in [0.15, 0.2) is 93.6 Å². The van der Waals surface area contributed by atoms with E-state index in [1.54, 1.807) is 0 Å². The van der Waals surface area contributed by atoms with Gasteiger partial charge in [-0.25, -0.2) is 4.99 Å². The maximum atomic E-state index is 5.14. The molecular formula is C24H23N3S. The second kappa shape index (κ2) is 7.82. The first-order valence-corrected chi connectivity index (χ1v) is 10.7. The molecule has 3 aromatic rings. The van der Waals surface area contributed by atoms with Crippen molar-refractivity contribution in [2.45, 2.75) is 22.3 Å². The molecule has 0 spiro atoms. The Morgan fingerprint density at radius 2 is 1.64 bits per heavy atom. The van der Waals surface area contributed by atoms with E-state index in [-0.39, 0.29) is 0 Å². The maximum absolute atomic E-state index is 5.14. The van der Waals surface area contributed by atoms with E-state index in [0.717, 1.165) is 37.6 Å². The molecule has 2 aliphatic heterocycles. The van der Waals surface area contributed by atoms with Gasteiger partial charge in [0.05, 0.1) is 5.69 Å². The number of nitrogens with one attached hydrogen (secondary N) is 1. The van der Waals surface area contributed by atoms with Crippen LogP contribution in [0, 0.1) is 0 Å². The van der Waals surface area contributed by atoms with Crippen LogP contribution < -0.4 is 5.32 Å². The summed E-state index contributed by atoms with van der Waals surface area (Å²) >= 11 is 1.82. The minimum atomic E-state index is 0.428. The second-order valence-electron chi connectivity index (χ2n) is 7.29. The summed E-state index contributed by atoms with van der Waals surface area (Å²) < 4.78 is 0. The van der Waals surface area contributed by atoms with Crippen LogP contribution in [0.4, 0.5) is 5.69 Å². The standard InChI is InChI=1S/C24H23N3S/c1-2-8-18(9-3-1)16-19-17-27(15-14-25-19)24-20-10-4-6-12-22(20)28-23-13-7-5-11-21(23)26-24/h1-13,19,25H,14-17H2/t19-/m1/s1. The minimum Gasteiger partial charge on any atom is -0.353 e. The second-order valence-corrected chi connectivity index (χ2v) is 8.37. The Bertz CT molecular complexity index is 999. The van der Waals surface area contributed by atoms with Crippen molar-refractivity contribution < 1.29 is 0 Å². The van der Waals surface area contributed by atoms with Crippen molar-refractivity contribution in [1.29, 1.82) is 0 Å². The van der Waals surface area contributed by atoms with Gasteiger partial charge >= 0.3 is 0 Å². The van der Waals surface area contributed by atoms with Gasteiger partial charge in [-0.2, -0.15) is 0 Å². The normalized spacial score (nSPS) is 18.6. The Kier molecular flexibility index (Phi) is 4.90. The quantitative estimate of drug-likeness (QED) is 0.690. The lowest BCUT2D eigenvalue weighted by molar-refractivity contribution is 0.290. The smallest absolute Gasteiger partial charge is 0.137 e. The number of rotatable bonds is 2. The van der Waals surface area contributed by atoms with Crippen LogP contribution in [0.3, 0.4) is 0 Å². The third-order valence-electron chi connectivity index (χ3n) is 5.32. The van der Waals surface area contributed by atoms with Crippen molar-refractivity contribution in [1.82, 2.24) is 10.2 Å². The molecule has 1 N–H and O–H groups in total. The van der Waals surface area contributed by atoms with E-state index in [1.807, 2.05) is 11.8 Å². The van der Waals surface area contributed by atoms with Crippen LogP contribution in [-0.4, -0.2) is 36.4 Å².